The second kappa shape index (κ2) is 4.56. The lowest BCUT2D eigenvalue weighted by Gasteiger charge is -1.92. The van der Waals surface area contributed by atoms with Gasteiger partial charge in [0.25, 0.3) is 0 Å². The van der Waals surface area contributed by atoms with Gasteiger partial charge in [-0.25, -0.2) is 0 Å². The highest BCUT2D eigenvalue weighted by Crippen LogP contribution is 1.99. The van der Waals surface area contributed by atoms with E-state index in [2.05, 4.69) is 6.58 Å². The Morgan fingerprint density at radius 3 is 2.60 bits per heavy atom. The quantitative estimate of drug-likeness (QED) is 0.349. The third-order valence-electron chi connectivity index (χ3n) is 0.950. The Balaban J connectivity index is 4.18. The zero-order valence-corrected chi connectivity index (χ0v) is 5.96. The predicted molar refractivity (Wildman–Crippen MR) is 43.4 cm³/mol. The summed E-state index contributed by atoms with van der Waals surface area (Å²) in [5.74, 6) is 0.0353. The topological polar surface area (TPSA) is 44.1 Å². The van der Waals surface area contributed by atoms with Crippen LogP contribution >= 0.6 is 0 Å². The lowest BCUT2D eigenvalue weighted by Crippen LogP contribution is -1.85. The first-order chi connectivity index (χ1) is 4.72. The summed E-state index contributed by atoms with van der Waals surface area (Å²) in [6, 6.07) is 0. The summed E-state index contributed by atoms with van der Waals surface area (Å²) >= 11 is 0. The number of aliphatic hydroxyl groups is 1. The van der Waals surface area contributed by atoms with Gasteiger partial charge in [-0.05, 0) is 13.0 Å². The van der Waals surface area contributed by atoms with Crippen LogP contribution in [-0.2, 0) is 0 Å². The fourth-order valence-corrected chi connectivity index (χ4v) is 0.368. The third kappa shape index (κ3) is 2.87. The second-order valence-corrected chi connectivity index (χ2v) is 1.75. The molecule has 0 bridgehead atoms. The van der Waals surface area contributed by atoms with Gasteiger partial charge in [0.2, 0.25) is 0 Å². The van der Waals surface area contributed by atoms with Crippen LogP contribution in [0.4, 0.5) is 0 Å². The van der Waals surface area contributed by atoms with Crippen molar-refractivity contribution in [2.24, 2.45) is 0 Å². The van der Waals surface area contributed by atoms with Gasteiger partial charge in [-0.2, -0.15) is 0 Å². The van der Waals surface area contributed by atoms with E-state index in [9.17, 15) is 0 Å². The van der Waals surface area contributed by atoms with Gasteiger partial charge in [0.05, 0.1) is 0 Å². The van der Waals surface area contributed by atoms with Crippen LogP contribution in [0.15, 0.2) is 36.1 Å². The lowest BCUT2D eigenvalue weighted by atomic mass is 10.2. The number of allylic oxidation sites excluding steroid dienone is 4. The Bertz CT molecular complexity index is 189. The largest absolute Gasteiger partial charge is 0.507 e. The molecule has 54 valence electrons. The van der Waals surface area contributed by atoms with Crippen molar-refractivity contribution >= 4 is 6.21 Å². The number of rotatable bonds is 3. The molecule has 0 aliphatic rings. The van der Waals surface area contributed by atoms with Crippen LogP contribution in [0.1, 0.15) is 6.92 Å². The standard InChI is InChI=1S/C8H11NO/c1-3-4-5-8(10)7(2)6-9/h3-6,9-10H,2H2,1H3/b4-3-,8-5+,9-6?. The van der Waals surface area contributed by atoms with Gasteiger partial charge in [0.1, 0.15) is 5.76 Å². The van der Waals surface area contributed by atoms with Gasteiger partial charge in [0.15, 0.2) is 0 Å². The third-order valence-corrected chi connectivity index (χ3v) is 0.950. The molecule has 0 aliphatic carbocycles. The highest BCUT2D eigenvalue weighted by Gasteiger charge is 1.91. The molecule has 0 spiro atoms. The molecule has 0 aromatic carbocycles. The first-order valence-corrected chi connectivity index (χ1v) is 2.94. The van der Waals surface area contributed by atoms with Gasteiger partial charge in [-0.1, -0.05) is 18.7 Å². The minimum Gasteiger partial charge on any atom is -0.507 e. The van der Waals surface area contributed by atoms with Crippen LogP contribution in [0.25, 0.3) is 0 Å². The van der Waals surface area contributed by atoms with E-state index in [1.807, 2.05) is 6.92 Å². The Morgan fingerprint density at radius 1 is 1.60 bits per heavy atom. The van der Waals surface area contributed by atoms with Crippen LogP contribution in [0.5, 0.6) is 0 Å². The van der Waals surface area contributed by atoms with Crippen molar-refractivity contribution in [1.82, 2.24) is 0 Å². The van der Waals surface area contributed by atoms with E-state index >= 15 is 0 Å². The molecule has 0 rings (SSSR count). The molecule has 2 heteroatoms. The van der Waals surface area contributed by atoms with Crippen molar-refractivity contribution in [3.8, 4) is 0 Å². The van der Waals surface area contributed by atoms with Crippen LogP contribution < -0.4 is 0 Å². The Morgan fingerprint density at radius 2 is 2.20 bits per heavy atom. The van der Waals surface area contributed by atoms with E-state index in [-0.39, 0.29) is 5.76 Å². The molecule has 0 saturated heterocycles. The molecule has 0 aliphatic heterocycles. The molecule has 0 aromatic rings. The van der Waals surface area contributed by atoms with Crippen molar-refractivity contribution in [1.29, 1.82) is 5.41 Å². The first-order valence-electron chi connectivity index (χ1n) is 2.94. The molecule has 0 amide bonds. The SMILES string of the molecule is C=C(C=N)/C(O)=C\C=C/C. The molecular weight excluding hydrogens is 126 g/mol. The van der Waals surface area contributed by atoms with E-state index < -0.39 is 0 Å². The average Bonchev–Trinajstić information content (AvgIpc) is 1.98. The van der Waals surface area contributed by atoms with Crippen molar-refractivity contribution in [3.05, 3.63) is 36.1 Å². The minimum absolute atomic E-state index is 0.0353. The molecule has 0 radical (unpaired) electrons. The van der Waals surface area contributed by atoms with E-state index in [0.717, 1.165) is 6.21 Å². The van der Waals surface area contributed by atoms with Gasteiger partial charge in [0, 0.05) is 11.8 Å². The van der Waals surface area contributed by atoms with E-state index in [1.54, 1.807) is 12.2 Å². The Hall–Kier alpha value is -1.31. The highest BCUT2D eigenvalue weighted by molar-refractivity contribution is 5.80. The monoisotopic (exact) mass is 137 g/mol. The molecule has 10 heavy (non-hydrogen) atoms. The predicted octanol–water partition coefficient (Wildman–Crippen LogP) is 2.21. The zero-order valence-electron chi connectivity index (χ0n) is 5.96. The fraction of sp³-hybridized carbons (Fsp3) is 0.125. The van der Waals surface area contributed by atoms with Crippen LogP contribution in [-0.4, -0.2) is 11.3 Å². The molecular formula is C8H11NO. The van der Waals surface area contributed by atoms with Crippen molar-refractivity contribution < 1.29 is 5.11 Å². The summed E-state index contributed by atoms with van der Waals surface area (Å²) in [5.41, 5.74) is 0.318. The van der Waals surface area contributed by atoms with E-state index in [4.69, 9.17) is 10.5 Å². The number of nitrogens with one attached hydrogen (secondary N) is 1. The summed E-state index contributed by atoms with van der Waals surface area (Å²) < 4.78 is 0. The van der Waals surface area contributed by atoms with Crippen molar-refractivity contribution in [2.75, 3.05) is 0 Å². The molecule has 0 aromatic heterocycles. The molecule has 2 N–H and O–H groups in total. The maximum atomic E-state index is 9.01. The van der Waals surface area contributed by atoms with Crippen molar-refractivity contribution in [3.63, 3.8) is 0 Å². The van der Waals surface area contributed by atoms with Gasteiger partial charge in [-0.15, -0.1) is 0 Å². The van der Waals surface area contributed by atoms with Crippen molar-refractivity contribution in [2.45, 2.75) is 6.92 Å². The van der Waals surface area contributed by atoms with Crippen LogP contribution in [0.3, 0.4) is 0 Å². The summed E-state index contributed by atoms with van der Waals surface area (Å²) in [4.78, 5) is 0. The van der Waals surface area contributed by atoms with Crippen LogP contribution in [0, 0.1) is 5.41 Å². The smallest absolute Gasteiger partial charge is 0.123 e. The van der Waals surface area contributed by atoms with Gasteiger partial charge < -0.3 is 10.5 Å². The highest BCUT2D eigenvalue weighted by atomic mass is 16.3. The average molecular weight is 137 g/mol. The number of aliphatic hydroxyl groups excluding tert-OH is 1. The molecule has 2 nitrogen and oxygen atoms in total. The fourth-order valence-electron chi connectivity index (χ4n) is 0.368. The minimum atomic E-state index is 0.0353. The molecule has 0 atom stereocenters. The van der Waals surface area contributed by atoms with E-state index in [1.165, 1.54) is 6.08 Å². The lowest BCUT2D eigenvalue weighted by molar-refractivity contribution is 0.429. The Labute approximate surface area is 60.7 Å². The van der Waals surface area contributed by atoms with Gasteiger partial charge in [-0.3, -0.25) is 0 Å². The molecule has 0 saturated carbocycles. The number of hydrogen-bond donors (Lipinski definition) is 2. The van der Waals surface area contributed by atoms with Gasteiger partial charge >= 0.3 is 0 Å². The zero-order chi connectivity index (χ0) is 7.98. The summed E-state index contributed by atoms with van der Waals surface area (Å²) in [7, 11) is 0. The molecule has 0 heterocycles. The van der Waals surface area contributed by atoms with Crippen LogP contribution in [0.2, 0.25) is 0 Å². The summed E-state index contributed by atoms with van der Waals surface area (Å²) in [6.45, 7) is 5.27. The summed E-state index contributed by atoms with van der Waals surface area (Å²) in [6.07, 6.45) is 5.97. The maximum absolute atomic E-state index is 9.01. The second-order valence-electron chi connectivity index (χ2n) is 1.75. The normalized spacial score (nSPS) is 11.9. The number of hydrogen-bond acceptors (Lipinski definition) is 2. The summed E-state index contributed by atoms with van der Waals surface area (Å²) in [5, 5.41) is 15.7. The first kappa shape index (κ1) is 8.69. The Kier molecular flexibility index (Phi) is 3.96. The van der Waals surface area contributed by atoms with E-state index in [0.29, 0.717) is 5.57 Å². The maximum Gasteiger partial charge on any atom is 0.123 e. The molecule has 0 unspecified atom stereocenters. The molecule has 0 fully saturated rings.